The van der Waals surface area contributed by atoms with E-state index in [0.717, 1.165) is 24.7 Å². The maximum absolute atomic E-state index is 13.5. The fourth-order valence-electron chi connectivity index (χ4n) is 1.87. The molecule has 98 valence electrons. The maximum atomic E-state index is 13.5. The van der Waals surface area contributed by atoms with Crippen molar-refractivity contribution >= 4 is 29.0 Å². The van der Waals surface area contributed by atoms with Crippen molar-refractivity contribution in [2.75, 3.05) is 16.8 Å². The van der Waals surface area contributed by atoms with Gasteiger partial charge in [0.25, 0.3) is 0 Å². The van der Waals surface area contributed by atoms with E-state index in [0.29, 0.717) is 6.07 Å². The van der Waals surface area contributed by atoms with E-state index < -0.39 is 16.4 Å². The summed E-state index contributed by atoms with van der Waals surface area (Å²) >= 11 is 1.55. The monoisotopic (exact) mass is 272 g/mol. The van der Waals surface area contributed by atoms with Crippen molar-refractivity contribution in [3.05, 3.63) is 23.8 Å². The van der Waals surface area contributed by atoms with Gasteiger partial charge in [-0.2, -0.15) is 0 Å². The third-order valence-corrected chi connectivity index (χ3v) is 4.55. The van der Waals surface area contributed by atoms with Gasteiger partial charge in [0.1, 0.15) is 11.6 Å². The summed E-state index contributed by atoms with van der Waals surface area (Å²) in [5.41, 5.74) is 5.09. The van der Waals surface area contributed by atoms with E-state index in [2.05, 4.69) is 5.32 Å². The largest absolute Gasteiger partial charge is 0.396 e. The third kappa shape index (κ3) is 2.43. The van der Waals surface area contributed by atoms with Crippen LogP contribution < -0.4 is 11.1 Å². The number of nitrogen functional groups attached to an aromatic ring is 1. The molecule has 1 atom stereocenters. The smallest absolute Gasteiger partial charge is 0.240 e. The highest BCUT2D eigenvalue weighted by atomic mass is 32.2. The molecule has 1 unspecified atom stereocenters. The van der Waals surface area contributed by atoms with Crippen LogP contribution in [0, 0.1) is 11.6 Å². The Labute approximate surface area is 108 Å². The number of hydrogen-bond acceptors (Lipinski definition) is 3. The number of carbonyl (C=O) groups excluding carboxylic acids is 1. The van der Waals surface area contributed by atoms with E-state index >= 15 is 0 Å². The van der Waals surface area contributed by atoms with Gasteiger partial charge >= 0.3 is 0 Å². The lowest BCUT2D eigenvalue weighted by molar-refractivity contribution is -0.118. The van der Waals surface area contributed by atoms with Crippen LogP contribution in [0.25, 0.3) is 0 Å². The number of benzene rings is 1. The van der Waals surface area contributed by atoms with Gasteiger partial charge in [-0.05, 0) is 31.6 Å². The molecule has 0 bridgehead atoms. The summed E-state index contributed by atoms with van der Waals surface area (Å²) in [6.07, 6.45) is 1.71. The van der Waals surface area contributed by atoms with Crippen molar-refractivity contribution in [2.45, 2.75) is 24.5 Å². The zero-order chi connectivity index (χ0) is 13.3. The van der Waals surface area contributed by atoms with Crippen LogP contribution in [0.2, 0.25) is 0 Å². The molecule has 1 aromatic carbocycles. The van der Waals surface area contributed by atoms with Crippen LogP contribution in [0.15, 0.2) is 12.1 Å². The maximum Gasteiger partial charge on any atom is 0.240 e. The van der Waals surface area contributed by atoms with Gasteiger partial charge in [0.15, 0.2) is 0 Å². The second-order valence-electron chi connectivity index (χ2n) is 4.49. The summed E-state index contributed by atoms with van der Waals surface area (Å²) in [6, 6.07) is 1.78. The molecule has 6 heteroatoms. The van der Waals surface area contributed by atoms with Gasteiger partial charge in [0.05, 0.1) is 16.1 Å². The van der Waals surface area contributed by atoms with Crippen LogP contribution in [0.4, 0.5) is 20.2 Å². The van der Waals surface area contributed by atoms with E-state index in [1.165, 1.54) is 0 Å². The molecule has 3 nitrogen and oxygen atoms in total. The van der Waals surface area contributed by atoms with Gasteiger partial charge in [0, 0.05) is 6.07 Å². The summed E-state index contributed by atoms with van der Waals surface area (Å²) in [4.78, 5) is 12.1. The van der Waals surface area contributed by atoms with Crippen molar-refractivity contribution < 1.29 is 13.6 Å². The van der Waals surface area contributed by atoms with Gasteiger partial charge in [-0.3, -0.25) is 4.79 Å². The molecule has 0 radical (unpaired) electrons. The second kappa shape index (κ2) is 4.76. The number of anilines is 2. The Kier molecular flexibility index (Phi) is 3.47. The first-order valence-electron chi connectivity index (χ1n) is 5.62. The molecular formula is C12H14F2N2OS. The first-order valence-corrected chi connectivity index (χ1v) is 6.61. The van der Waals surface area contributed by atoms with E-state index in [-0.39, 0.29) is 17.3 Å². The van der Waals surface area contributed by atoms with Crippen molar-refractivity contribution in [3.8, 4) is 0 Å². The van der Waals surface area contributed by atoms with Crippen LogP contribution in [-0.2, 0) is 4.79 Å². The number of hydrogen-bond donors (Lipinski definition) is 2. The normalized spacial score (nSPS) is 23.1. The molecule has 1 amide bonds. The molecule has 1 heterocycles. The number of rotatable bonds is 2. The molecule has 1 fully saturated rings. The fraction of sp³-hybridized carbons (Fsp3) is 0.417. The lowest BCUT2D eigenvalue weighted by Crippen LogP contribution is -2.35. The zero-order valence-corrected chi connectivity index (χ0v) is 10.7. The quantitative estimate of drug-likeness (QED) is 0.814. The van der Waals surface area contributed by atoms with E-state index in [1.54, 1.807) is 11.8 Å². The summed E-state index contributed by atoms with van der Waals surface area (Å²) < 4.78 is 25.9. The van der Waals surface area contributed by atoms with E-state index in [9.17, 15) is 13.6 Å². The number of thioether (sulfide) groups is 1. The Hall–Kier alpha value is -1.30. The van der Waals surface area contributed by atoms with Crippen LogP contribution >= 0.6 is 11.8 Å². The minimum atomic E-state index is -0.827. The van der Waals surface area contributed by atoms with Gasteiger partial charge in [-0.15, -0.1) is 11.8 Å². The first-order chi connectivity index (χ1) is 8.42. The van der Waals surface area contributed by atoms with Crippen LogP contribution in [0.1, 0.15) is 19.8 Å². The molecule has 0 aromatic heterocycles. The summed E-state index contributed by atoms with van der Waals surface area (Å²) in [5.74, 6) is -0.999. The lowest BCUT2D eigenvalue weighted by Gasteiger charge is -2.21. The van der Waals surface area contributed by atoms with Crippen molar-refractivity contribution in [1.82, 2.24) is 0 Å². The van der Waals surface area contributed by atoms with Crippen molar-refractivity contribution in [2.24, 2.45) is 0 Å². The van der Waals surface area contributed by atoms with Gasteiger partial charge in [0.2, 0.25) is 5.91 Å². The minimum Gasteiger partial charge on any atom is -0.396 e. The van der Waals surface area contributed by atoms with Crippen LogP contribution in [0.3, 0.4) is 0 Å². The zero-order valence-electron chi connectivity index (χ0n) is 9.93. The topological polar surface area (TPSA) is 55.1 Å². The molecule has 1 saturated heterocycles. The van der Waals surface area contributed by atoms with Crippen LogP contribution in [0.5, 0.6) is 0 Å². The SMILES string of the molecule is CC1(C(=O)Nc2cc(N)c(F)cc2F)CCCS1. The predicted octanol–water partition coefficient (Wildman–Crippen LogP) is 2.77. The molecule has 1 aliphatic heterocycles. The summed E-state index contributed by atoms with van der Waals surface area (Å²) in [7, 11) is 0. The second-order valence-corrected chi connectivity index (χ2v) is 6.09. The van der Waals surface area contributed by atoms with E-state index in [1.807, 2.05) is 6.92 Å². The van der Waals surface area contributed by atoms with Gasteiger partial charge in [-0.1, -0.05) is 0 Å². The highest BCUT2D eigenvalue weighted by Crippen LogP contribution is 2.38. The van der Waals surface area contributed by atoms with Gasteiger partial charge < -0.3 is 11.1 Å². The predicted molar refractivity (Wildman–Crippen MR) is 69.5 cm³/mol. The standard InChI is InChI=1S/C12H14F2N2OS/c1-12(3-2-4-18-12)11(17)16-10-6-9(15)7(13)5-8(10)14/h5-6H,2-4,15H2,1H3,(H,16,17). The Morgan fingerprint density at radius 2 is 2.17 bits per heavy atom. The average Bonchev–Trinajstić information content (AvgIpc) is 2.74. The molecule has 3 N–H and O–H groups in total. The third-order valence-electron chi connectivity index (χ3n) is 3.03. The molecule has 0 saturated carbocycles. The van der Waals surface area contributed by atoms with Gasteiger partial charge in [-0.25, -0.2) is 8.78 Å². The molecule has 18 heavy (non-hydrogen) atoms. The number of carbonyl (C=O) groups is 1. The summed E-state index contributed by atoms with van der Waals surface area (Å²) in [5, 5.41) is 2.48. The van der Waals surface area contributed by atoms with Crippen LogP contribution in [-0.4, -0.2) is 16.4 Å². The van der Waals surface area contributed by atoms with Crippen molar-refractivity contribution in [3.63, 3.8) is 0 Å². The molecule has 1 aliphatic rings. The number of halogens is 2. The molecule has 0 spiro atoms. The number of nitrogens with two attached hydrogens (primary N) is 1. The Morgan fingerprint density at radius 3 is 2.78 bits per heavy atom. The number of nitrogens with one attached hydrogen (secondary N) is 1. The highest BCUT2D eigenvalue weighted by molar-refractivity contribution is 8.01. The highest BCUT2D eigenvalue weighted by Gasteiger charge is 2.37. The minimum absolute atomic E-state index is 0.0763. The first kappa shape index (κ1) is 13.1. The summed E-state index contributed by atoms with van der Waals surface area (Å²) in [6.45, 7) is 1.82. The Balaban J connectivity index is 2.19. The van der Waals surface area contributed by atoms with E-state index in [4.69, 9.17) is 5.73 Å². The Bertz CT molecular complexity index is 487. The molecule has 0 aliphatic carbocycles. The Morgan fingerprint density at radius 1 is 1.44 bits per heavy atom. The molecular weight excluding hydrogens is 258 g/mol. The number of amides is 1. The fourth-order valence-corrected chi connectivity index (χ4v) is 3.08. The molecule has 2 rings (SSSR count). The van der Waals surface area contributed by atoms with Crippen molar-refractivity contribution in [1.29, 1.82) is 0 Å². The lowest BCUT2D eigenvalue weighted by atomic mass is 10.0. The average molecular weight is 272 g/mol. The molecule has 1 aromatic rings.